The van der Waals surface area contributed by atoms with Crippen LogP contribution in [0.2, 0.25) is 0 Å². The maximum absolute atomic E-state index is 12.4. The second kappa shape index (κ2) is 5.48. The summed E-state index contributed by atoms with van der Waals surface area (Å²) in [4.78, 5) is 23.8. The van der Waals surface area contributed by atoms with Crippen molar-refractivity contribution in [3.05, 3.63) is 65.2 Å². The first-order chi connectivity index (χ1) is 10.6. The summed E-state index contributed by atoms with van der Waals surface area (Å²) in [5.41, 5.74) is 2.67. The third-order valence-electron chi connectivity index (χ3n) is 3.67. The van der Waals surface area contributed by atoms with Crippen LogP contribution in [0.25, 0.3) is 11.3 Å². The highest BCUT2D eigenvalue weighted by Crippen LogP contribution is 2.36. The zero-order chi connectivity index (χ0) is 15.7. The van der Waals surface area contributed by atoms with Crippen LogP contribution in [0.4, 0.5) is 5.69 Å². The van der Waals surface area contributed by atoms with Gasteiger partial charge in [0.05, 0.1) is 5.57 Å². The average molecular weight is 293 g/mol. The highest BCUT2D eigenvalue weighted by atomic mass is 16.3. The summed E-state index contributed by atoms with van der Waals surface area (Å²) in [6, 6.07) is 13.9. The van der Waals surface area contributed by atoms with Crippen LogP contribution in [0.15, 0.2) is 48.5 Å². The third-order valence-corrected chi connectivity index (χ3v) is 3.67. The van der Waals surface area contributed by atoms with Gasteiger partial charge in [-0.2, -0.15) is 0 Å². The molecule has 1 amide bonds. The van der Waals surface area contributed by atoms with Gasteiger partial charge in [0, 0.05) is 23.2 Å². The van der Waals surface area contributed by atoms with E-state index in [2.05, 4.69) is 5.32 Å². The van der Waals surface area contributed by atoms with Gasteiger partial charge >= 0.3 is 0 Å². The number of amides is 1. The lowest BCUT2D eigenvalue weighted by atomic mass is 10.0. The summed E-state index contributed by atoms with van der Waals surface area (Å²) in [5.74, 6) is -0.247. The molecule has 2 aromatic carbocycles. The second-order valence-electron chi connectivity index (χ2n) is 5.08. The van der Waals surface area contributed by atoms with Crippen LogP contribution in [-0.2, 0) is 4.79 Å². The van der Waals surface area contributed by atoms with Crippen LogP contribution in [0, 0.1) is 0 Å². The number of hydrogen-bond donors (Lipinski definition) is 2. The first kappa shape index (κ1) is 14.1. The van der Waals surface area contributed by atoms with Crippen molar-refractivity contribution in [1.29, 1.82) is 0 Å². The van der Waals surface area contributed by atoms with E-state index in [1.165, 1.54) is 0 Å². The standard InChI is InChI=1S/C18H15NO3/c1-2-15(20)19-12-9-7-11(8-10-12)16-17(21)13-5-3-4-6-14(13)18(16)22/h3-10,21H,2H2,1H3,(H,19,20). The summed E-state index contributed by atoms with van der Waals surface area (Å²) < 4.78 is 0. The molecule has 2 N–H and O–H groups in total. The van der Waals surface area contributed by atoms with Crippen molar-refractivity contribution in [3.63, 3.8) is 0 Å². The minimum Gasteiger partial charge on any atom is -0.507 e. The van der Waals surface area contributed by atoms with Crippen LogP contribution in [0.1, 0.15) is 34.8 Å². The number of rotatable bonds is 3. The minimum atomic E-state index is -0.182. The molecule has 0 saturated heterocycles. The van der Waals surface area contributed by atoms with E-state index in [1.807, 2.05) is 0 Å². The van der Waals surface area contributed by atoms with Crippen molar-refractivity contribution in [1.82, 2.24) is 0 Å². The molecule has 22 heavy (non-hydrogen) atoms. The number of carbonyl (C=O) groups is 2. The van der Waals surface area contributed by atoms with Crippen molar-refractivity contribution in [2.45, 2.75) is 13.3 Å². The number of carbonyl (C=O) groups excluding carboxylic acids is 2. The predicted molar refractivity (Wildman–Crippen MR) is 85.6 cm³/mol. The largest absolute Gasteiger partial charge is 0.507 e. The van der Waals surface area contributed by atoms with Gasteiger partial charge in [0.25, 0.3) is 0 Å². The Balaban J connectivity index is 1.94. The molecule has 0 unspecified atom stereocenters. The van der Waals surface area contributed by atoms with E-state index < -0.39 is 0 Å². The summed E-state index contributed by atoms with van der Waals surface area (Å²) in [6.45, 7) is 1.78. The molecular formula is C18H15NO3. The molecule has 0 heterocycles. The number of aliphatic hydroxyl groups excluding tert-OH is 1. The third kappa shape index (κ3) is 2.29. The number of Topliss-reactive ketones (excluding diaryl/α,β-unsaturated/α-hetero) is 1. The quantitative estimate of drug-likeness (QED) is 0.907. The Hall–Kier alpha value is -2.88. The Morgan fingerprint density at radius 2 is 1.68 bits per heavy atom. The van der Waals surface area contributed by atoms with Gasteiger partial charge in [0.1, 0.15) is 5.76 Å². The lowest BCUT2D eigenvalue weighted by Crippen LogP contribution is -2.09. The van der Waals surface area contributed by atoms with Gasteiger partial charge in [-0.1, -0.05) is 43.3 Å². The summed E-state index contributed by atoms with van der Waals surface area (Å²) >= 11 is 0. The molecule has 0 atom stereocenters. The van der Waals surface area contributed by atoms with E-state index >= 15 is 0 Å². The number of nitrogens with one attached hydrogen (secondary N) is 1. The maximum atomic E-state index is 12.4. The lowest BCUT2D eigenvalue weighted by Gasteiger charge is -2.06. The minimum absolute atomic E-state index is 0.00550. The molecule has 0 bridgehead atoms. The molecule has 4 heteroatoms. The fraction of sp³-hybridized carbons (Fsp3) is 0.111. The number of ketones is 1. The Morgan fingerprint density at radius 3 is 2.27 bits per heavy atom. The topological polar surface area (TPSA) is 66.4 Å². The van der Waals surface area contributed by atoms with Crippen molar-refractivity contribution in [2.75, 3.05) is 5.32 Å². The van der Waals surface area contributed by atoms with Gasteiger partial charge in [-0.25, -0.2) is 0 Å². The lowest BCUT2D eigenvalue weighted by molar-refractivity contribution is -0.115. The van der Waals surface area contributed by atoms with Crippen LogP contribution in [-0.4, -0.2) is 16.8 Å². The maximum Gasteiger partial charge on any atom is 0.224 e. The zero-order valence-electron chi connectivity index (χ0n) is 12.1. The summed E-state index contributed by atoms with van der Waals surface area (Å²) in [5, 5.41) is 13.1. The first-order valence-electron chi connectivity index (χ1n) is 7.09. The summed E-state index contributed by atoms with van der Waals surface area (Å²) in [6.07, 6.45) is 0.404. The number of anilines is 1. The number of fused-ring (bicyclic) bond motifs is 1. The van der Waals surface area contributed by atoms with Gasteiger partial charge in [0.2, 0.25) is 5.91 Å². The predicted octanol–water partition coefficient (Wildman–Crippen LogP) is 3.66. The molecule has 1 aliphatic rings. The monoisotopic (exact) mass is 293 g/mol. The fourth-order valence-corrected chi connectivity index (χ4v) is 2.50. The van der Waals surface area contributed by atoms with E-state index in [4.69, 9.17) is 0 Å². The number of hydrogen-bond acceptors (Lipinski definition) is 3. The van der Waals surface area contributed by atoms with Gasteiger partial charge in [-0.05, 0) is 17.7 Å². The van der Waals surface area contributed by atoms with Gasteiger partial charge in [0.15, 0.2) is 5.78 Å². The molecular weight excluding hydrogens is 278 g/mol. The molecule has 0 aromatic heterocycles. The molecule has 110 valence electrons. The van der Waals surface area contributed by atoms with Gasteiger partial charge < -0.3 is 10.4 Å². The molecule has 4 nitrogen and oxygen atoms in total. The Kier molecular flexibility index (Phi) is 3.51. The molecule has 0 fully saturated rings. The molecule has 3 rings (SSSR count). The SMILES string of the molecule is CCC(=O)Nc1ccc(C2=C(O)c3ccccc3C2=O)cc1. The Morgan fingerprint density at radius 1 is 1.05 bits per heavy atom. The van der Waals surface area contributed by atoms with Crippen LogP contribution < -0.4 is 5.32 Å². The number of aliphatic hydroxyl groups is 1. The smallest absolute Gasteiger partial charge is 0.224 e. The van der Waals surface area contributed by atoms with Crippen molar-refractivity contribution in [2.24, 2.45) is 0 Å². The van der Waals surface area contributed by atoms with E-state index in [-0.39, 0.29) is 17.4 Å². The fourth-order valence-electron chi connectivity index (χ4n) is 2.50. The van der Waals surface area contributed by atoms with E-state index in [0.717, 1.165) is 0 Å². The Bertz CT molecular complexity index is 788. The molecule has 0 radical (unpaired) electrons. The van der Waals surface area contributed by atoms with Gasteiger partial charge in [-0.15, -0.1) is 0 Å². The normalized spacial score (nSPS) is 13.2. The highest BCUT2D eigenvalue weighted by molar-refractivity contribution is 6.38. The van der Waals surface area contributed by atoms with Gasteiger partial charge in [-0.3, -0.25) is 9.59 Å². The molecule has 1 aliphatic carbocycles. The Labute approximate surface area is 128 Å². The van der Waals surface area contributed by atoms with Crippen molar-refractivity contribution in [3.8, 4) is 0 Å². The molecule has 2 aromatic rings. The van der Waals surface area contributed by atoms with E-state index in [1.54, 1.807) is 55.5 Å². The molecule has 0 saturated carbocycles. The molecule has 0 aliphatic heterocycles. The number of benzene rings is 2. The zero-order valence-corrected chi connectivity index (χ0v) is 12.1. The second-order valence-corrected chi connectivity index (χ2v) is 5.08. The van der Waals surface area contributed by atoms with Crippen molar-refractivity contribution < 1.29 is 14.7 Å². The molecule has 0 spiro atoms. The van der Waals surface area contributed by atoms with Crippen LogP contribution in [0.5, 0.6) is 0 Å². The number of allylic oxidation sites excluding steroid dienone is 1. The summed E-state index contributed by atoms with van der Waals surface area (Å²) in [7, 11) is 0. The highest BCUT2D eigenvalue weighted by Gasteiger charge is 2.30. The first-order valence-corrected chi connectivity index (χ1v) is 7.09. The van der Waals surface area contributed by atoms with Crippen LogP contribution in [0.3, 0.4) is 0 Å². The van der Waals surface area contributed by atoms with Crippen LogP contribution >= 0.6 is 0 Å². The van der Waals surface area contributed by atoms with E-state index in [0.29, 0.717) is 34.4 Å². The van der Waals surface area contributed by atoms with E-state index in [9.17, 15) is 14.7 Å². The average Bonchev–Trinajstić information content (AvgIpc) is 2.80. The van der Waals surface area contributed by atoms with Crippen molar-refractivity contribution >= 4 is 28.7 Å².